The third-order valence-electron chi connectivity index (χ3n) is 4.98. The molecule has 4 atom stereocenters. The van der Waals surface area contributed by atoms with Gasteiger partial charge in [-0.3, -0.25) is 0 Å². The minimum atomic E-state index is -0.386. The van der Waals surface area contributed by atoms with Crippen molar-refractivity contribution in [1.29, 1.82) is 0 Å². The molecule has 4 nitrogen and oxygen atoms in total. The zero-order valence-electron chi connectivity index (χ0n) is 13.4. The largest absolute Gasteiger partial charge is 0.387 e. The molecule has 0 saturated carbocycles. The van der Waals surface area contributed by atoms with Crippen LogP contribution >= 0.6 is 11.3 Å². The van der Waals surface area contributed by atoms with E-state index in [1.807, 2.05) is 16.8 Å². The topological polar surface area (TPSA) is 44.7 Å². The van der Waals surface area contributed by atoms with E-state index in [0.29, 0.717) is 24.6 Å². The van der Waals surface area contributed by atoms with E-state index in [2.05, 4.69) is 17.1 Å². The number of hydrogen-bond donors (Lipinski definition) is 2. The van der Waals surface area contributed by atoms with Crippen molar-refractivity contribution >= 4 is 11.3 Å². The van der Waals surface area contributed by atoms with E-state index in [1.165, 1.54) is 12.8 Å². The molecular formula is C17H28N2O2S. The summed E-state index contributed by atoms with van der Waals surface area (Å²) in [4.78, 5) is 2.55. The van der Waals surface area contributed by atoms with Gasteiger partial charge >= 0.3 is 0 Å². The molecule has 0 amide bonds. The molecule has 0 aromatic carbocycles. The van der Waals surface area contributed by atoms with Crippen molar-refractivity contribution in [2.75, 3.05) is 32.8 Å². The van der Waals surface area contributed by atoms with Crippen molar-refractivity contribution < 1.29 is 9.84 Å². The normalized spacial score (nSPS) is 31.5. The number of likely N-dealkylation sites (tertiary alicyclic amines) is 1. The van der Waals surface area contributed by atoms with Gasteiger partial charge in [-0.2, -0.15) is 11.3 Å². The number of thiophene rings is 1. The van der Waals surface area contributed by atoms with E-state index in [4.69, 9.17) is 4.74 Å². The highest BCUT2D eigenvalue weighted by molar-refractivity contribution is 7.07. The smallest absolute Gasteiger partial charge is 0.0922 e. The maximum atomic E-state index is 10.2. The van der Waals surface area contributed by atoms with Crippen LogP contribution in [0.4, 0.5) is 0 Å². The molecular weight excluding hydrogens is 296 g/mol. The maximum absolute atomic E-state index is 10.2. The molecule has 3 heterocycles. The average Bonchev–Trinajstić information content (AvgIpc) is 3.19. The fraction of sp³-hybridized carbons (Fsp3) is 0.765. The summed E-state index contributed by atoms with van der Waals surface area (Å²) in [6.45, 7) is 7.27. The Morgan fingerprint density at radius 2 is 2.41 bits per heavy atom. The molecule has 0 bridgehead atoms. The van der Waals surface area contributed by atoms with Gasteiger partial charge < -0.3 is 20.1 Å². The zero-order chi connectivity index (χ0) is 15.4. The van der Waals surface area contributed by atoms with Crippen LogP contribution in [0.5, 0.6) is 0 Å². The molecule has 5 heteroatoms. The van der Waals surface area contributed by atoms with E-state index in [0.717, 1.165) is 38.2 Å². The first-order chi connectivity index (χ1) is 10.7. The molecule has 2 saturated heterocycles. The third-order valence-corrected chi connectivity index (χ3v) is 5.68. The van der Waals surface area contributed by atoms with E-state index >= 15 is 0 Å². The predicted octanol–water partition coefficient (Wildman–Crippen LogP) is 2.26. The molecule has 0 radical (unpaired) electrons. The van der Waals surface area contributed by atoms with Crippen LogP contribution in [-0.4, -0.2) is 54.9 Å². The van der Waals surface area contributed by atoms with Crippen molar-refractivity contribution in [3.63, 3.8) is 0 Å². The summed E-state index contributed by atoms with van der Waals surface area (Å²) in [7, 11) is 0. The third kappa shape index (κ3) is 4.30. The Hall–Kier alpha value is -0.460. The molecule has 1 aromatic heterocycles. The summed E-state index contributed by atoms with van der Waals surface area (Å²) in [5, 5.41) is 17.8. The number of ether oxygens (including phenoxy) is 1. The lowest BCUT2D eigenvalue weighted by Crippen LogP contribution is -2.50. The van der Waals surface area contributed by atoms with Crippen molar-refractivity contribution in [1.82, 2.24) is 10.2 Å². The fourth-order valence-corrected chi connectivity index (χ4v) is 4.33. The Labute approximate surface area is 137 Å². The average molecular weight is 324 g/mol. The highest BCUT2D eigenvalue weighted by atomic mass is 32.1. The SMILES string of the molecule is CC1CN(CC2CCCO2)CCC1NCC(O)c1ccsc1. The monoisotopic (exact) mass is 324 g/mol. The molecule has 3 rings (SSSR count). The number of nitrogens with one attached hydrogen (secondary N) is 1. The van der Waals surface area contributed by atoms with Gasteiger partial charge in [0, 0.05) is 32.3 Å². The van der Waals surface area contributed by atoms with Gasteiger partial charge in [-0.1, -0.05) is 6.92 Å². The van der Waals surface area contributed by atoms with Crippen molar-refractivity contribution in [3.05, 3.63) is 22.4 Å². The summed E-state index contributed by atoms with van der Waals surface area (Å²) in [5.74, 6) is 0.616. The molecule has 4 unspecified atom stereocenters. The number of aliphatic hydroxyl groups is 1. The maximum Gasteiger partial charge on any atom is 0.0922 e. The number of piperidine rings is 1. The standard InChI is InChI=1S/C17H28N2O2S/c1-13-10-19(11-15-3-2-7-21-15)6-4-16(13)18-9-17(20)14-5-8-22-12-14/h5,8,12-13,15-18,20H,2-4,6-7,9-11H2,1H3. The fourth-order valence-electron chi connectivity index (χ4n) is 3.62. The highest BCUT2D eigenvalue weighted by Crippen LogP contribution is 2.21. The Bertz CT molecular complexity index is 434. The van der Waals surface area contributed by atoms with Crippen LogP contribution < -0.4 is 5.32 Å². The minimum absolute atomic E-state index is 0.386. The van der Waals surface area contributed by atoms with Crippen LogP contribution in [0.1, 0.15) is 37.9 Å². The van der Waals surface area contributed by atoms with E-state index in [-0.39, 0.29) is 6.10 Å². The Morgan fingerprint density at radius 1 is 1.50 bits per heavy atom. The van der Waals surface area contributed by atoms with Crippen LogP contribution in [0.2, 0.25) is 0 Å². The van der Waals surface area contributed by atoms with Crippen molar-refractivity contribution in [2.45, 2.75) is 44.4 Å². The van der Waals surface area contributed by atoms with Gasteiger partial charge in [-0.25, -0.2) is 0 Å². The number of nitrogens with zero attached hydrogens (tertiary/aromatic N) is 1. The van der Waals surface area contributed by atoms with Gasteiger partial charge in [0.2, 0.25) is 0 Å². The van der Waals surface area contributed by atoms with Crippen LogP contribution in [0.3, 0.4) is 0 Å². The van der Waals surface area contributed by atoms with Crippen molar-refractivity contribution in [3.8, 4) is 0 Å². The molecule has 1 aromatic rings. The predicted molar refractivity (Wildman–Crippen MR) is 90.3 cm³/mol. The lowest BCUT2D eigenvalue weighted by Gasteiger charge is -2.38. The molecule has 22 heavy (non-hydrogen) atoms. The van der Waals surface area contributed by atoms with E-state index in [9.17, 15) is 5.11 Å². The summed E-state index contributed by atoms with van der Waals surface area (Å²) in [5.41, 5.74) is 1.03. The molecule has 2 aliphatic rings. The van der Waals surface area contributed by atoms with Crippen LogP contribution in [0.25, 0.3) is 0 Å². The molecule has 2 N–H and O–H groups in total. The van der Waals surface area contributed by atoms with Gasteiger partial charge in [0.1, 0.15) is 0 Å². The minimum Gasteiger partial charge on any atom is -0.387 e. The molecule has 2 aliphatic heterocycles. The Morgan fingerprint density at radius 3 is 3.09 bits per heavy atom. The van der Waals surface area contributed by atoms with Gasteiger partial charge in [0.15, 0.2) is 0 Å². The van der Waals surface area contributed by atoms with Gasteiger partial charge in [0.25, 0.3) is 0 Å². The summed E-state index contributed by atoms with van der Waals surface area (Å²) in [6, 6.07) is 2.51. The first-order valence-corrected chi connectivity index (χ1v) is 9.44. The Kier molecular flexibility index (Phi) is 5.88. The second kappa shape index (κ2) is 7.88. The zero-order valence-corrected chi connectivity index (χ0v) is 14.2. The quantitative estimate of drug-likeness (QED) is 0.842. The number of hydrogen-bond acceptors (Lipinski definition) is 5. The summed E-state index contributed by atoms with van der Waals surface area (Å²) in [6.07, 6.45) is 3.67. The van der Waals surface area contributed by atoms with Crippen LogP contribution in [0.15, 0.2) is 16.8 Å². The summed E-state index contributed by atoms with van der Waals surface area (Å²) >= 11 is 1.64. The number of rotatable bonds is 6. The van der Waals surface area contributed by atoms with Gasteiger partial charge in [0.05, 0.1) is 12.2 Å². The van der Waals surface area contributed by atoms with Gasteiger partial charge in [-0.05, 0) is 54.1 Å². The van der Waals surface area contributed by atoms with Gasteiger partial charge in [-0.15, -0.1) is 0 Å². The molecule has 2 fully saturated rings. The second-order valence-electron chi connectivity index (χ2n) is 6.75. The lowest BCUT2D eigenvalue weighted by atomic mass is 9.93. The molecule has 124 valence electrons. The van der Waals surface area contributed by atoms with Crippen LogP contribution in [0, 0.1) is 5.92 Å². The molecule has 0 spiro atoms. The summed E-state index contributed by atoms with van der Waals surface area (Å²) < 4.78 is 5.75. The van der Waals surface area contributed by atoms with E-state index in [1.54, 1.807) is 11.3 Å². The second-order valence-corrected chi connectivity index (χ2v) is 7.53. The lowest BCUT2D eigenvalue weighted by molar-refractivity contribution is 0.0495. The number of aliphatic hydroxyl groups excluding tert-OH is 1. The Balaban J connectivity index is 1.40. The van der Waals surface area contributed by atoms with E-state index < -0.39 is 0 Å². The van der Waals surface area contributed by atoms with Crippen molar-refractivity contribution in [2.24, 2.45) is 5.92 Å². The first-order valence-electron chi connectivity index (χ1n) is 8.50. The highest BCUT2D eigenvalue weighted by Gasteiger charge is 2.28. The van der Waals surface area contributed by atoms with Crippen LogP contribution in [-0.2, 0) is 4.74 Å². The molecule has 0 aliphatic carbocycles. The first kappa shape index (κ1) is 16.4.